The van der Waals surface area contributed by atoms with Crippen LogP contribution < -0.4 is 0 Å². The molecule has 1 aliphatic carbocycles. The zero-order chi connectivity index (χ0) is 10.8. The summed E-state index contributed by atoms with van der Waals surface area (Å²) in [6.45, 7) is 0. The van der Waals surface area contributed by atoms with Gasteiger partial charge in [0.1, 0.15) is 5.82 Å². The molecule has 0 radical (unpaired) electrons. The van der Waals surface area contributed by atoms with E-state index in [0.29, 0.717) is 12.0 Å². The molecule has 1 aromatic rings. The van der Waals surface area contributed by atoms with Crippen LogP contribution >= 0.6 is 11.6 Å². The Morgan fingerprint density at radius 1 is 1.40 bits per heavy atom. The molecule has 2 rings (SSSR count). The van der Waals surface area contributed by atoms with Crippen molar-refractivity contribution < 1.29 is 9.50 Å². The normalized spacial score (nSPS) is 25.8. The van der Waals surface area contributed by atoms with Gasteiger partial charge in [-0.25, -0.2) is 4.39 Å². The van der Waals surface area contributed by atoms with Crippen LogP contribution in [0, 0.1) is 11.7 Å². The minimum atomic E-state index is -0.335. The lowest BCUT2D eigenvalue weighted by Gasteiger charge is -2.14. The van der Waals surface area contributed by atoms with E-state index in [1.165, 1.54) is 0 Å². The second-order valence-electron chi connectivity index (χ2n) is 4.18. The molecule has 0 amide bonds. The molecule has 0 heterocycles. The van der Waals surface area contributed by atoms with Crippen molar-refractivity contribution in [3.63, 3.8) is 0 Å². The smallest absolute Gasteiger partial charge is 0.144 e. The van der Waals surface area contributed by atoms with E-state index in [9.17, 15) is 9.50 Å². The first-order chi connectivity index (χ1) is 7.18. The Hall–Kier alpha value is -0.600. The molecule has 82 valence electrons. The fraction of sp³-hybridized carbons (Fsp3) is 0.500. The molecule has 1 fully saturated rings. The van der Waals surface area contributed by atoms with Gasteiger partial charge < -0.3 is 5.11 Å². The lowest BCUT2D eigenvalue weighted by Crippen LogP contribution is -2.16. The molecule has 2 atom stereocenters. The molecule has 1 N–H and O–H groups in total. The van der Waals surface area contributed by atoms with Crippen LogP contribution in [0.2, 0.25) is 5.02 Å². The van der Waals surface area contributed by atoms with Crippen molar-refractivity contribution in [3.05, 3.63) is 34.6 Å². The molecule has 0 spiro atoms. The zero-order valence-corrected chi connectivity index (χ0v) is 9.17. The lowest BCUT2D eigenvalue weighted by molar-refractivity contribution is 0.132. The highest BCUT2D eigenvalue weighted by Crippen LogP contribution is 2.30. The highest BCUT2D eigenvalue weighted by molar-refractivity contribution is 6.30. The van der Waals surface area contributed by atoms with E-state index in [-0.39, 0.29) is 22.9 Å². The molecule has 2 unspecified atom stereocenters. The molecule has 0 aromatic heterocycles. The van der Waals surface area contributed by atoms with Crippen LogP contribution in [0.15, 0.2) is 18.2 Å². The van der Waals surface area contributed by atoms with E-state index in [1.807, 2.05) is 0 Å². The summed E-state index contributed by atoms with van der Waals surface area (Å²) in [6.07, 6.45) is 3.17. The predicted octanol–water partition coefficient (Wildman–Crippen LogP) is 3.18. The molecule has 1 saturated carbocycles. The highest BCUT2D eigenvalue weighted by Gasteiger charge is 2.26. The van der Waals surface area contributed by atoms with Crippen LogP contribution in [0.5, 0.6) is 0 Å². The van der Waals surface area contributed by atoms with Gasteiger partial charge in [-0.15, -0.1) is 0 Å². The third kappa shape index (κ3) is 2.32. The van der Waals surface area contributed by atoms with Gasteiger partial charge >= 0.3 is 0 Å². The van der Waals surface area contributed by atoms with E-state index in [1.54, 1.807) is 18.2 Å². The Balaban J connectivity index is 2.13. The highest BCUT2D eigenvalue weighted by atomic mass is 35.5. The monoisotopic (exact) mass is 228 g/mol. The van der Waals surface area contributed by atoms with Crippen molar-refractivity contribution in [2.75, 3.05) is 0 Å². The largest absolute Gasteiger partial charge is 0.393 e. The Morgan fingerprint density at radius 2 is 2.20 bits per heavy atom. The van der Waals surface area contributed by atoms with Gasteiger partial charge in [-0.1, -0.05) is 30.2 Å². The number of rotatable bonds is 2. The van der Waals surface area contributed by atoms with Gasteiger partial charge in [-0.05, 0) is 36.8 Å². The molecule has 0 aliphatic heterocycles. The number of hydrogen-bond acceptors (Lipinski definition) is 1. The average Bonchev–Trinajstić information content (AvgIpc) is 2.60. The van der Waals surface area contributed by atoms with Crippen molar-refractivity contribution >= 4 is 11.6 Å². The second kappa shape index (κ2) is 4.50. The summed E-state index contributed by atoms with van der Waals surface area (Å²) in [7, 11) is 0. The third-order valence-electron chi connectivity index (χ3n) is 3.13. The number of hydrogen-bond donors (Lipinski definition) is 1. The SMILES string of the molecule is OC1CCCC1Cc1cccc(Cl)c1F. The maximum Gasteiger partial charge on any atom is 0.144 e. The molecule has 1 nitrogen and oxygen atoms in total. The Labute approximate surface area is 93.9 Å². The molecular weight excluding hydrogens is 215 g/mol. The predicted molar refractivity (Wildman–Crippen MR) is 58.5 cm³/mol. The van der Waals surface area contributed by atoms with E-state index in [4.69, 9.17) is 11.6 Å². The summed E-state index contributed by atoms with van der Waals surface area (Å²) < 4.78 is 13.6. The molecule has 1 aromatic carbocycles. The number of aliphatic hydroxyl groups excluding tert-OH is 1. The summed E-state index contributed by atoms with van der Waals surface area (Å²) in [6, 6.07) is 5.04. The van der Waals surface area contributed by atoms with Gasteiger partial charge in [0.2, 0.25) is 0 Å². The van der Waals surface area contributed by atoms with Gasteiger partial charge in [-0.2, -0.15) is 0 Å². The van der Waals surface area contributed by atoms with Crippen molar-refractivity contribution in [2.45, 2.75) is 31.8 Å². The standard InChI is InChI=1S/C12H14ClFO/c13-10-5-1-4-9(12(10)14)7-8-3-2-6-11(8)15/h1,4-5,8,11,15H,2-3,6-7H2. The molecule has 3 heteroatoms. The number of aliphatic hydroxyl groups is 1. The van der Waals surface area contributed by atoms with Gasteiger partial charge in [0.25, 0.3) is 0 Å². The summed E-state index contributed by atoms with van der Waals surface area (Å²) in [5.74, 6) is -0.142. The molecular formula is C12H14ClFO. The van der Waals surface area contributed by atoms with Gasteiger partial charge in [-0.3, -0.25) is 0 Å². The number of halogens is 2. The quantitative estimate of drug-likeness (QED) is 0.824. The van der Waals surface area contributed by atoms with E-state index >= 15 is 0 Å². The average molecular weight is 229 g/mol. The fourth-order valence-corrected chi connectivity index (χ4v) is 2.44. The maximum absolute atomic E-state index is 13.6. The fourth-order valence-electron chi connectivity index (χ4n) is 2.24. The van der Waals surface area contributed by atoms with Crippen LogP contribution in [0.25, 0.3) is 0 Å². The van der Waals surface area contributed by atoms with E-state index in [2.05, 4.69) is 0 Å². The first-order valence-corrected chi connectivity index (χ1v) is 5.67. The molecule has 1 aliphatic rings. The Morgan fingerprint density at radius 3 is 2.87 bits per heavy atom. The topological polar surface area (TPSA) is 20.2 Å². The summed E-state index contributed by atoms with van der Waals surface area (Å²) in [4.78, 5) is 0. The van der Waals surface area contributed by atoms with Crippen molar-refractivity contribution in [3.8, 4) is 0 Å². The summed E-state index contributed by atoms with van der Waals surface area (Å²) in [5.41, 5.74) is 0.619. The first-order valence-electron chi connectivity index (χ1n) is 5.29. The second-order valence-corrected chi connectivity index (χ2v) is 4.58. The lowest BCUT2D eigenvalue weighted by atomic mass is 9.96. The maximum atomic E-state index is 13.6. The zero-order valence-electron chi connectivity index (χ0n) is 8.42. The molecule has 15 heavy (non-hydrogen) atoms. The van der Waals surface area contributed by atoms with E-state index in [0.717, 1.165) is 19.3 Å². The van der Waals surface area contributed by atoms with Gasteiger partial charge in [0.15, 0.2) is 0 Å². The summed E-state index contributed by atoms with van der Waals surface area (Å²) in [5, 5.41) is 9.82. The van der Waals surface area contributed by atoms with Crippen LogP contribution in [0.4, 0.5) is 4.39 Å². The number of benzene rings is 1. The van der Waals surface area contributed by atoms with Crippen molar-refractivity contribution in [1.29, 1.82) is 0 Å². The summed E-state index contributed by atoms with van der Waals surface area (Å²) >= 11 is 5.70. The van der Waals surface area contributed by atoms with E-state index < -0.39 is 0 Å². The third-order valence-corrected chi connectivity index (χ3v) is 3.42. The Kier molecular flexibility index (Phi) is 3.27. The van der Waals surface area contributed by atoms with Gasteiger partial charge in [0.05, 0.1) is 11.1 Å². The van der Waals surface area contributed by atoms with Crippen LogP contribution in [-0.2, 0) is 6.42 Å². The molecule has 0 saturated heterocycles. The minimum Gasteiger partial charge on any atom is -0.393 e. The molecule has 0 bridgehead atoms. The van der Waals surface area contributed by atoms with Crippen molar-refractivity contribution in [2.24, 2.45) is 5.92 Å². The minimum absolute atomic E-state index is 0.167. The van der Waals surface area contributed by atoms with Crippen molar-refractivity contribution in [1.82, 2.24) is 0 Å². The Bertz CT molecular complexity index is 353. The van der Waals surface area contributed by atoms with Crippen LogP contribution in [0.1, 0.15) is 24.8 Å². The van der Waals surface area contributed by atoms with Gasteiger partial charge in [0, 0.05) is 0 Å². The van der Waals surface area contributed by atoms with Crippen LogP contribution in [-0.4, -0.2) is 11.2 Å². The van der Waals surface area contributed by atoms with Crippen LogP contribution in [0.3, 0.4) is 0 Å². The first kappa shape index (κ1) is 10.9.